The maximum absolute atomic E-state index is 13.3. The van der Waals surface area contributed by atoms with Gasteiger partial charge in [0.15, 0.2) is 0 Å². The Labute approximate surface area is 120 Å². The summed E-state index contributed by atoms with van der Waals surface area (Å²) in [6.07, 6.45) is 6.17. The van der Waals surface area contributed by atoms with Crippen LogP contribution in [0.25, 0.3) is 0 Å². The molecular formula is C16H22FNO2. The molecule has 4 heteroatoms. The Kier molecular flexibility index (Phi) is 7.89. The summed E-state index contributed by atoms with van der Waals surface area (Å²) in [4.78, 5) is 0. The zero-order valence-electron chi connectivity index (χ0n) is 11.8. The van der Waals surface area contributed by atoms with Gasteiger partial charge in [-0.15, -0.1) is 12.3 Å². The second-order valence-electron chi connectivity index (χ2n) is 4.68. The second-order valence-corrected chi connectivity index (χ2v) is 4.68. The Bertz CT molecular complexity index is 431. The van der Waals surface area contributed by atoms with E-state index in [1.54, 1.807) is 18.2 Å². The Morgan fingerprint density at radius 1 is 1.45 bits per heavy atom. The standard InChI is InChI=1S/C16H22FNO2/c1-3-7-14(4-2)18-10-15(19)12-20-11-13-8-5-6-9-16(13)17/h1,5-6,8-9,14-15,18-19H,4,7,10-12H2,2H3. The van der Waals surface area contributed by atoms with Crippen molar-refractivity contribution < 1.29 is 14.2 Å². The van der Waals surface area contributed by atoms with Gasteiger partial charge in [0.2, 0.25) is 0 Å². The number of aliphatic hydroxyl groups excluding tert-OH is 1. The second kappa shape index (κ2) is 9.49. The van der Waals surface area contributed by atoms with Gasteiger partial charge in [-0.25, -0.2) is 4.39 Å². The molecule has 2 atom stereocenters. The molecule has 0 amide bonds. The largest absolute Gasteiger partial charge is 0.389 e. The molecule has 3 nitrogen and oxygen atoms in total. The van der Waals surface area contributed by atoms with Gasteiger partial charge in [0.25, 0.3) is 0 Å². The molecule has 20 heavy (non-hydrogen) atoms. The minimum Gasteiger partial charge on any atom is -0.389 e. The van der Waals surface area contributed by atoms with Crippen LogP contribution in [0.3, 0.4) is 0 Å². The third-order valence-corrected chi connectivity index (χ3v) is 3.02. The van der Waals surface area contributed by atoms with Crippen LogP contribution >= 0.6 is 0 Å². The molecule has 0 aliphatic carbocycles. The highest BCUT2D eigenvalue weighted by Crippen LogP contribution is 2.07. The summed E-state index contributed by atoms with van der Waals surface area (Å²) < 4.78 is 18.6. The van der Waals surface area contributed by atoms with Crippen LogP contribution in [-0.2, 0) is 11.3 Å². The van der Waals surface area contributed by atoms with Gasteiger partial charge >= 0.3 is 0 Å². The molecule has 0 bridgehead atoms. The maximum atomic E-state index is 13.3. The van der Waals surface area contributed by atoms with Gasteiger partial charge in [0.05, 0.1) is 19.3 Å². The van der Waals surface area contributed by atoms with E-state index < -0.39 is 6.10 Å². The van der Waals surface area contributed by atoms with Crippen molar-refractivity contribution in [1.29, 1.82) is 0 Å². The van der Waals surface area contributed by atoms with Crippen LogP contribution in [0.2, 0.25) is 0 Å². The first-order valence-corrected chi connectivity index (χ1v) is 6.83. The molecular weight excluding hydrogens is 257 g/mol. The molecule has 0 heterocycles. The van der Waals surface area contributed by atoms with Crippen molar-refractivity contribution in [3.63, 3.8) is 0 Å². The molecule has 0 saturated heterocycles. The predicted octanol–water partition coefficient (Wildman–Crippen LogP) is 2.09. The molecule has 1 aromatic rings. The molecule has 0 spiro atoms. The minimum atomic E-state index is -0.631. The van der Waals surface area contributed by atoms with Gasteiger partial charge in [0, 0.05) is 24.6 Å². The van der Waals surface area contributed by atoms with Crippen molar-refractivity contribution in [2.75, 3.05) is 13.2 Å². The number of hydrogen-bond acceptors (Lipinski definition) is 3. The maximum Gasteiger partial charge on any atom is 0.128 e. The fourth-order valence-electron chi connectivity index (χ4n) is 1.79. The number of aliphatic hydroxyl groups is 1. The Balaban J connectivity index is 2.22. The lowest BCUT2D eigenvalue weighted by Crippen LogP contribution is -2.37. The third-order valence-electron chi connectivity index (χ3n) is 3.02. The first-order valence-electron chi connectivity index (χ1n) is 6.83. The van der Waals surface area contributed by atoms with E-state index in [0.717, 1.165) is 6.42 Å². The average Bonchev–Trinajstić information content (AvgIpc) is 2.45. The van der Waals surface area contributed by atoms with Gasteiger partial charge in [-0.1, -0.05) is 25.1 Å². The summed E-state index contributed by atoms with van der Waals surface area (Å²) in [7, 11) is 0. The predicted molar refractivity (Wildman–Crippen MR) is 77.6 cm³/mol. The van der Waals surface area contributed by atoms with E-state index >= 15 is 0 Å². The van der Waals surface area contributed by atoms with Crippen LogP contribution in [0.4, 0.5) is 4.39 Å². The number of ether oxygens (including phenoxy) is 1. The fourth-order valence-corrected chi connectivity index (χ4v) is 1.79. The third kappa shape index (κ3) is 6.16. The zero-order chi connectivity index (χ0) is 14.8. The Morgan fingerprint density at radius 3 is 2.85 bits per heavy atom. The van der Waals surface area contributed by atoms with E-state index in [0.29, 0.717) is 18.5 Å². The highest BCUT2D eigenvalue weighted by Gasteiger charge is 2.09. The normalized spacial score (nSPS) is 13.7. The van der Waals surface area contributed by atoms with E-state index in [1.165, 1.54) is 6.07 Å². The SMILES string of the molecule is C#CCC(CC)NCC(O)COCc1ccccc1F. The lowest BCUT2D eigenvalue weighted by Gasteiger charge is -2.17. The van der Waals surface area contributed by atoms with Crippen molar-refractivity contribution in [3.8, 4) is 12.3 Å². The molecule has 1 rings (SSSR count). The number of benzene rings is 1. The summed E-state index contributed by atoms with van der Waals surface area (Å²) in [6.45, 7) is 2.77. The topological polar surface area (TPSA) is 41.5 Å². The first kappa shape index (κ1) is 16.6. The molecule has 0 aromatic heterocycles. The molecule has 0 radical (unpaired) electrons. The monoisotopic (exact) mass is 279 g/mol. The Hall–Kier alpha value is -1.41. The highest BCUT2D eigenvalue weighted by atomic mass is 19.1. The molecule has 0 saturated carbocycles. The highest BCUT2D eigenvalue weighted by molar-refractivity contribution is 5.16. The van der Waals surface area contributed by atoms with Crippen LogP contribution in [-0.4, -0.2) is 30.4 Å². The molecule has 110 valence electrons. The fraction of sp³-hybridized carbons (Fsp3) is 0.500. The number of terminal acetylenes is 1. The number of hydrogen-bond donors (Lipinski definition) is 2. The molecule has 2 unspecified atom stereocenters. The van der Waals surface area contributed by atoms with Gasteiger partial charge < -0.3 is 15.2 Å². The van der Waals surface area contributed by atoms with Crippen LogP contribution in [0.1, 0.15) is 25.3 Å². The van der Waals surface area contributed by atoms with Gasteiger partial charge in [0.1, 0.15) is 5.82 Å². The van der Waals surface area contributed by atoms with Crippen molar-refractivity contribution in [3.05, 3.63) is 35.6 Å². The first-order chi connectivity index (χ1) is 9.67. The van der Waals surface area contributed by atoms with Crippen molar-refractivity contribution in [2.45, 2.75) is 38.5 Å². The molecule has 1 aromatic carbocycles. The summed E-state index contributed by atoms with van der Waals surface area (Å²) in [5, 5.41) is 13.0. The van der Waals surface area contributed by atoms with Crippen molar-refractivity contribution in [2.24, 2.45) is 0 Å². The van der Waals surface area contributed by atoms with Crippen molar-refractivity contribution >= 4 is 0 Å². The molecule has 2 N–H and O–H groups in total. The van der Waals surface area contributed by atoms with E-state index in [9.17, 15) is 9.50 Å². The molecule has 0 aliphatic heterocycles. The quantitative estimate of drug-likeness (QED) is 0.680. The average molecular weight is 279 g/mol. The summed E-state index contributed by atoms with van der Waals surface area (Å²) >= 11 is 0. The van der Waals surface area contributed by atoms with Crippen LogP contribution in [0.5, 0.6) is 0 Å². The number of nitrogens with one attached hydrogen (secondary N) is 1. The number of rotatable bonds is 9. The molecule has 0 fully saturated rings. The minimum absolute atomic E-state index is 0.158. The van der Waals surface area contributed by atoms with Gasteiger partial charge in [-0.05, 0) is 12.5 Å². The van der Waals surface area contributed by atoms with Crippen molar-refractivity contribution in [1.82, 2.24) is 5.32 Å². The van der Waals surface area contributed by atoms with E-state index in [4.69, 9.17) is 11.2 Å². The summed E-state index contributed by atoms with van der Waals surface area (Å²) in [6, 6.07) is 6.66. The van der Waals surface area contributed by atoms with Crippen LogP contribution < -0.4 is 5.32 Å². The van der Waals surface area contributed by atoms with E-state index in [-0.39, 0.29) is 25.1 Å². The van der Waals surface area contributed by atoms with E-state index in [2.05, 4.69) is 11.2 Å². The summed E-state index contributed by atoms with van der Waals surface area (Å²) in [5.41, 5.74) is 0.492. The van der Waals surface area contributed by atoms with Gasteiger partial charge in [-0.2, -0.15) is 0 Å². The lowest BCUT2D eigenvalue weighted by atomic mass is 10.1. The smallest absolute Gasteiger partial charge is 0.128 e. The van der Waals surface area contributed by atoms with Gasteiger partial charge in [-0.3, -0.25) is 0 Å². The number of halogens is 1. The van der Waals surface area contributed by atoms with Crippen LogP contribution in [0, 0.1) is 18.2 Å². The zero-order valence-corrected chi connectivity index (χ0v) is 11.8. The van der Waals surface area contributed by atoms with Crippen LogP contribution in [0.15, 0.2) is 24.3 Å². The van der Waals surface area contributed by atoms with E-state index in [1.807, 2.05) is 6.92 Å². The Morgan fingerprint density at radius 2 is 2.20 bits per heavy atom. The lowest BCUT2D eigenvalue weighted by molar-refractivity contribution is 0.0266. The molecule has 0 aliphatic rings. The summed E-state index contributed by atoms with van der Waals surface area (Å²) in [5.74, 6) is 2.30.